The van der Waals surface area contributed by atoms with Gasteiger partial charge in [-0.25, -0.2) is 5.43 Å². The summed E-state index contributed by atoms with van der Waals surface area (Å²) in [4.78, 5) is 24.5. The van der Waals surface area contributed by atoms with Crippen LogP contribution in [0.1, 0.15) is 54.9 Å². The summed E-state index contributed by atoms with van der Waals surface area (Å²) in [5.41, 5.74) is 3.96. The van der Waals surface area contributed by atoms with E-state index < -0.39 is 5.91 Å². The third-order valence-electron chi connectivity index (χ3n) is 4.97. The lowest BCUT2D eigenvalue weighted by Gasteiger charge is -2.07. The molecule has 0 spiro atoms. The first-order chi connectivity index (χ1) is 15.1. The van der Waals surface area contributed by atoms with Gasteiger partial charge in [0.2, 0.25) is 5.91 Å². The van der Waals surface area contributed by atoms with Crippen molar-refractivity contribution in [3.63, 3.8) is 0 Å². The van der Waals surface area contributed by atoms with Gasteiger partial charge in [-0.2, -0.15) is 5.10 Å². The largest absolute Gasteiger partial charge is 0.507 e. The van der Waals surface area contributed by atoms with Crippen LogP contribution in [0.15, 0.2) is 65.8 Å². The second-order valence-electron chi connectivity index (χ2n) is 7.36. The zero-order valence-electron chi connectivity index (χ0n) is 17.6. The number of nitrogens with zero attached hydrogens (tertiary/aromatic N) is 1. The van der Waals surface area contributed by atoms with Crippen LogP contribution in [-0.2, 0) is 4.79 Å². The highest BCUT2D eigenvalue weighted by Crippen LogP contribution is 2.25. The van der Waals surface area contributed by atoms with Crippen LogP contribution in [0.25, 0.3) is 10.8 Å². The SMILES string of the molecule is CCCCCCC(=O)Nc1cccc(C(=O)N/N=C/c2c(O)ccc3ccccc23)c1. The number of hydrazone groups is 1. The highest BCUT2D eigenvalue weighted by atomic mass is 16.3. The number of hydrogen-bond acceptors (Lipinski definition) is 4. The Morgan fingerprint density at radius 2 is 1.84 bits per heavy atom. The predicted molar refractivity (Wildman–Crippen MR) is 125 cm³/mol. The zero-order valence-corrected chi connectivity index (χ0v) is 17.6. The summed E-state index contributed by atoms with van der Waals surface area (Å²) in [6.07, 6.45) is 6.04. The molecule has 0 atom stereocenters. The molecule has 0 saturated carbocycles. The summed E-state index contributed by atoms with van der Waals surface area (Å²) in [5.74, 6) is -0.381. The molecule has 0 bridgehead atoms. The number of unbranched alkanes of at least 4 members (excludes halogenated alkanes) is 3. The fourth-order valence-electron chi connectivity index (χ4n) is 3.31. The van der Waals surface area contributed by atoms with Gasteiger partial charge in [-0.15, -0.1) is 0 Å². The van der Waals surface area contributed by atoms with Crippen LogP contribution in [0.5, 0.6) is 5.75 Å². The molecule has 0 aliphatic heterocycles. The van der Waals surface area contributed by atoms with Gasteiger partial charge in [0.1, 0.15) is 5.75 Å². The maximum atomic E-state index is 12.5. The van der Waals surface area contributed by atoms with Crippen molar-refractivity contribution in [2.24, 2.45) is 5.10 Å². The standard InChI is InChI=1S/C25H27N3O3/c1-2-3-4-5-13-24(30)27-20-11-8-10-19(16-20)25(31)28-26-17-22-21-12-7-6-9-18(21)14-15-23(22)29/h6-12,14-17,29H,2-5,13H2,1H3,(H,27,30)(H,28,31)/b26-17+. The third-order valence-corrected chi connectivity index (χ3v) is 4.97. The number of aromatic hydroxyl groups is 1. The number of phenols is 1. The van der Waals surface area contributed by atoms with Gasteiger partial charge >= 0.3 is 0 Å². The fraction of sp³-hybridized carbons (Fsp3) is 0.240. The lowest BCUT2D eigenvalue weighted by Crippen LogP contribution is -2.18. The number of anilines is 1. The number of benzene rings is 3. The van der Waals surface area contributed by atoms with E-state index in [0.717, 1.165) is 36.5 Å². The molecule has 0 aliphatic rings. The third kappa shape index (κ3) is 6.15. The van der Waals surface area contributed by atoms with Crippen molar-refractivity contribution in [1.82, 2.24) is 5.43 Å². The van der Waals surface area contributed by atoms with Crippen LogP contribution in [0.2, 0.25) is 0 Å². The van der Waals surface area contributed by atoms with Crippen LogP contribution < -0.4 is 10.7 Å². The first-order valence-electron chi connectivity index (χ1n) is 10.5. The van der Waals surface area contributed by atoms with Gasteiger partial charge < -0.3 is 10.4 Å². The van der Waals surface area contributed by atoms with Gasteiger partial charge in [0.15, 0.2) is 0 Å². The van der Waals surface area contributed by atoms with Crippen LogP contribution >= 0.6 is 0 Å². The number of nitrogens with one attached hydrogen (secondary N) is 2. The van der Waals surface area contributed by atoms with Crippen LogP contribution in [0.3, 0.4) is 0 Å². The highest BCUT2D eigenvalue weighted by molar-refractivity contribution is 6.03. The summed E-state index contributed by atoms with van der Waals surface area (Å²) in [6, 6.07) is 17.8. The molecule has 3 aromatic carbocycles. The molecule has 0 radical (unpaired) electrons. The van der Waals surface area contributed by atoms with E-state index in [2.05, 4.69) is 22.8 Å². The minimum Gasteiger partial charge on any atom is -0.507 e. The Balaban J connectivity index is 1.62. The molecule has 6 nitrogen and oxygen atoms in total. The quantitative estimate of drug-likeness (QED) is 0.253. The number of fused-ring (bicyclic) bond motifs is 1. The van der Waals surface area contributed by atoms with Crippen molar-refractivity contribution >= 4 is 34.5 Å². The highest BCUT2D eigenvalue weighted by Gasteiger charge is 2.08. The van der Waals surface area contributed by atoms with Crippen molar-refractivity contribution in [3.05, 3.63) is 71.8 Å². The maximum Gasteiger partial charge on any atom is 0.271 e. The number of rotatable bonds is 9. The monoisotopic (exact) mass is 417 g/mol. The Morgan fingerprint density at radius 3 is 2.68 bits per heavy atom. The summed E-state index contributed by atoms with van der Waals surface area (Å²) < 4.78 is 0. The molecule has 3 aromatic rings. The van der Waals surface area contributed by atoms with Crippen LogP contribution in [0.4, 0.5) is 5.69 Å². The maximum absolute atomic E-state index is 12.5. The van der Waals surface area contributed by atoms with E-state index in [1.54, 1.807) is 30.3 Å². The summed E-state index contributed by atoms with van der Waals surface area (Å²) in [5, 5.41) is 18.8. The van der Waals surface area contributed by atoms with E-state index in [4.69, 9.17) is 0 Å². The normalized spacial score (nSPS) is 11.0. The molecule has 0 saturated heterocycles. The molecular formula is C25H27N3O3. The van der Waals surface area contributed by atoms with Gasteiger partial charge in [0, 0.05) is 23.2 Å². The van der Waals surface area contributed by atoms with Crippen molar-refractivity contribution in [3.8, 4) is 5.75 Å². The lowest BCUT2D eigenvalue weighted by atomic mass is 10.0. The molecule has 0 unspecified atom stereocenters. The van der Waals surface area contributed by atoms with Crippen LogP contribution in [0, 0.1) is 0 Å². The van der Waals surface area contributed by atoms with Crippen LogP contribution in [-0.4, -0.2) is 23.1 Å². The smallest absolute Gasteiger partial charge is 0.271 e. The zero-order chi connectivity index (χ0) is 22.1. The number of hydrogen-bond donors (Lipinski definition) is 3. The van der Waals surface area contributed by atoms with Gasteiger partial charge in [0.25, 0.3) is 5.91 Å². The number of phenolic OH excluding ortho intramolecular Hbond substituents is 1. The van der Waals surface area contributed by atoms with E-state index in [1.807, 2.05) is 30.3 Å². The number of carbonyl (C=O) groups excluding carboxylic acids is 2. The molecule has 3 N–H and O–H groups in total. The van der Waals surface area contributed by atoms with Gasteiger partial charge in [0.05, 0.1) is 6.21 Å². The Labute approximate surface area is 182 Å². The molecule has 2 amide bonds. The predicted octanol–water partition coefficient (Wildman–Crippen LogP) is 5.22. The minimum absolute atomic E-state index is 0.0573. The van der Waals surface area contributed by atoms with E-state index in [-0.39, 0.29) is 11.7 Å². The molecule has 6 heteroatoms. The molecule has 0 heterocycles. The number of carbonyl (C=O) groups is 2. The first kappa shape index (κ1) is 22.0. The van der Waals surface area contributed by atoms with Crippen molar-refractivity contribution < 1.29 is 14.7 Å². The molecular weight excluding hydrogens is 390 g/mol. The Morgan fingerprint density at radius 1 is 1.00 bits per heavy atom. The molecule has 31 heavy (non-hydrogen) atoms. The molecule has 0 aliphatic carbocycles. The second-order valence-corrected chi connectivity index (χ2v) is 7.36. The fourth-order valence-corrected chi connectivity index (χ4v) is 3.31. The lowest BCUT2D eigenvalue weighted by molar-refractivity contribution is -0.116. The first-order valence-corrected chi connectivity index (χ1v) is 10.5. The van der Waals surface area contributed by atoms with E-state index >= 15 is 0 Å². The summed E-state index contributed by atoms with van der Waals surface area (Å²) in [7, 11) is 0. The molecule has 0 aromatic heterocycles. The van der Waals surface area contributed by atoms with E-state index in [0.29, 0.717) is 23.2 Å². The summed E-state index contributed by atoms with van der Waals surface area (Å²) >= 11 is 0. The van der Waals surface area contributed by atoms with E-state index in [9.17, 15) is 14.7 Å². The van der Waals surface area contributed by atoms with Crippen molar-refractivity contribution in [2.45, 2.75) is 39.0 Å². The average Bonchev–Trinajstić information content (AvgIpc) is 2.78. The Hall–Kier alpha value is -3.67. The van der Waals surface area contributed by atoms with Crippen molar-refractivity contribution in [2.75, 3.05) is 5.32 Å². The minimum atomic E-state index is -0.407. The molecule has 3 rings (SSSR count). The topological polar surface area (TPSA) is 90.8 Å². The summed E-state index contributed by atoms with van der Waals surface area (Å²) in [6.45, 7) is 2.13. The number of amides is 2. The second kappa shape index (κ2) is 10.9. The van der Waals surface area contributed by atoms with Gasteiger partial charge in [-0.3, -0.25) is 9.59 Å². The van der Waals surface area contributed by atoms with Crippen molar-refractivity contribution in [1.29, 1.82) is 0 Å². The van der Waals surface area contributed by atoms with Gasteiger partial charge in [-0.1, -0.05) is 62.6 Å². The Kier molecular flexibility index (Phi) is 7.76. The van der Waals surface area contributed by atoms with Gasteiger partial charge in [-0.05, 0) is 41.5 Å². The molecule has 160 valence electrons. The van der Waals surface area contributed by atoms with E-state index in [1.165, 1.54) is 6.21 Å². The average molecular weight is 418 g/mol. The molecule has 0 fully saturated rings. The Bertz CT molecular complexity index is 1090.